The van der Waals surface area contributed by atoms with E-state index in [9.17, 15) is 9.59 Å². The molecule has 2 aromatic rings. The first-order valence-electron chi connectivity index (χ1n) is 7.61. The second-order valence-electron chi connectivity index (χ2n) is 4.99. The second-order valence-corrected chi connectivity index (χ2v) is 4.99. The minimum absolute atomic E-state index is 0.167. The third-order valence-electron chi connectivity index (χ3n) is 3.37. The second kappa shape index (κ2) is 7.70. The Labute approximate surface area is 129 Å². The van der Waals surface area contributed by atoms with Gasteiger partial charge in [-0.15, -0.1) is 0 Å². The quantitative estimate of drug-likeness (QED) is 0.629. The normalized spacial score (nSPS) is 10.8. The summed E-state index contributed by atoms with van der Waals surface area (Å²) in [5, 5.41) is 5.27. The molecule has 1 heterocycles. The van der Waals surface area contributed by atoms with Crippen LogP contribution >= 0.6 is 0 Å². The third kappa shape index (κ3) is 3.51. The summed E-state index contributed by atoms with van der Waals surface area (Å²) >= 11 is 0. The summed E-state index contributed by atoms with van der Waals surface area (Å²) in [4.78, 5) is 29.6. The molecule has 0 aliphatic heterocycles. The first-order chi connectivity index (χ1) is 10.7. The number of fused-ring (bicyclic) bond motifs is 1. The van der Waals surface area contributed by atoms with Crippen LogP contribution in [-0.4, -0.2) is 22.3 Å². The van der Waals surface area contributed by atoms with Gasteiger partial charge in [-0.05, 0) is 19.4 Å². The topological polar surface area (TPSA) is 73.2 Å². The lowest BCUT2D eigenvalue weighted by atomic mass is 10.1. The Morgan fingerprint density at radius 1 is 1.23 bits per heavy atom. The fraction of sp³-hybridized carbons (Fsp3) is 0.438. The number of aromatic nitrogens is 2. The number of amides is 1. The van der Waals surface area contributed by atoms with Gasteiger partial charge < -0.3 is 0 Å². The summed E-state index contributed by atoms with van der Waals surface area (Å²) in [7, 11) is 0. The van der Waals surface area contributed by atoms with E-state index in [-0.39, 0.29) is 11.3 Å². The first-order valence-corrected chi connectivity index (χ1v) is 7.61. The first kappa shape index (κ1) is 16.2. The molecular formula is C16H21N3O3. The molecule has 0 saturated carbocycles. The summed E-state index contributed by atoms with van der Waals surface area (Å²) < 4.78 is 1.37. The van der Waals surface area contributed by atoms with E-state index in [1.807, 2.05) is 0 Å². The standard InChI is InChI=1S/C16H21N3O3/c1-3-5-8-11-19-16(21)13-10-7-6-9-12(13)14(17-19)15(20)18-22-4-2/h6-7,9-10H,3-5,8,11H2,1-2H3,(H,18,20). The van der Waals surface area contributed by atoms with Crippen LogP contribution in [0.2, 0.25) is 0 Å². The van der Waals surface area contributed by atoms with Crippen molar-refractivity contribution in [3.63, 3.8) is 0 Å². The van der Waals surface area contributed by atoms with Crippen LogP contribution in [0.25, 0.3) is 10.8 Å². The van der Waals surface area contributed by atoms with Crippen molar-refractivity contribution in [1.82, 2.24) is 15.3 Å². The highest BCUT2D eigenvalue weighted by Crippen LogP contribution is 2.13. The van der Waals surface area contributed by atoms with Crippen LogP contribution in [-0.2, 0) is 11.4 Å². The van der Waals surface area contributed by atoms with Crippen LogP contribution in [0.15, 0.2) is 29.1 Å². The molecule has 1 amide bonds. The molecule has 0 unspecified atom stereocenters. The molecule has 6 heteroatoms. The number of carbonyl (C=O) groups excluding carboxylic acids is 1. The van der Waals surface area contributed by atoms with Gasteiger partial charge in [0.15, 0.2) is 5.69 Å². The lowest BCUT2D eigenvalue weighted by molar-refractivity contribution is 0.0359. The largest absolute Gasteiger partial charge is 0.295 e. The van der Waals surface area contributed by atoms with Gasteiger partial charge in [0.1, 0.15) is 0 Å². The van der Waals surface area contributed by atoms with E-state index < -0.39 is 5.91 Å². The fourth-order valence-electron chi connectivity index (χ4n) is 2.25. The van der Waals surface area contributed by atoms with Crippen LogP contribution in [0.1, 0.15) is 43.6 Å². The molecule has 0 spiro atoms. The molecule has 0 radical (unpaired) electrons. The molecule has 2 rings (SSSR count). The number of carbonyl (C=O) groups is 1. The fourth-order valence-corrected chi connectivity index (χ4v) is 2.25. The number of rotatable bonds is 7. The number of benzene rings is 1. The Morgan fingerprint density at radius 3 is 2.64 bits per heavy atom. The van der Waals surface area contributed by atoms with Crippen molar-refractivity contribution >= 4 is 16.7 Å². The lowest BCUT2D eigenvalue weighted by Gasteiger charge is -2.10. The molecule has 0 bridgehead atoms. The average molecular weight is 303 g/mol. The summed E-state index contributed by atoms with van der Waals surface area (Å²) in [6.45, 7) is 4.74. The van der Waals surface area contributed by atoms with Gasteiger partial charge in [-0.1, -0.05) is 38.0 Å². The van der Waals surface area contributed by atoms with E-state index in [4.69, 9.17) is 4.84 Å². The van der Waals surface area contributed by atoms with Crippen molar-refractivity contribution in [3.05, 3.63) is 40.3 Å². The van der Waals surface area contributed by atoms with E-state index in [0.717, 1.165) is 19.3 Å². The maximum atomic E-state index is 12.4. The molecule has 1 N–H and O–H groups in total. The molecule has 0 saturated heterocycles. The number of hydrogen-bond acceptors (Lipinski definition) is 4. The zero-order chi connectivity index (χ0) is 15.9. The molecule has 0 fully saturated rings. The Balaban J connectivity index is 2.46. The van der Waals surface area contributed by atoms with E-state index in [2.05, 4.69) is 17.5 Å². The van der Waals surface area contributed by atoms with Gasteiger partial charge in [0, 0.05) is 11.9 Å². The Kier molecular flexibility index (Phi) is 5.66. The maximum absolute atomic E-state index is 12.4. The van der Waals surface area contributed by atoms with Crippen molar-refractivity contribution in [1.29, 1.82) is 0 Å². The van der Waals surface area contributed by atoms with Gasteiger partial charge in [-0.3, -0.25) is 14.4 Å². The molecule has 22 heavy (non-hydrogen) atoms. The van der Waals surface area contributed by atoms with Crippen molar-refractivity contribution in [2.45, 2.75) is 39.7 Å². The third-order valence-corrected chi connectivity index (χ3v) is 3.37. The molecular weight excluding hydrogens is 282 g/mol. The van der Waals surface area contributed by atoms with Gasteiger partial charge in [0.25, 0.3) is 11.5 Å². The molecule has 118 valence electrons. The molecule has 6 nitrogen and oxygen atoms in total. The molecule has 0 aliphatic carbocycles. The van der Waals surface area contributed by atoms with Crippen molar-refractivity contribution in [3.8, 4) is 0 Å². The van der Waals surface area contributed by atoms with Crippen LogP contribution in [0.5, 0.6) is 0 Å². The maximum Gasteiger partial charge on any atom is 0.295 e. The van der Waals surface area contributed by atoms with Gasteiger partial charge in [0.05, 0.1) is 12.0 Å². The van der Waals surface area contributed by atoms with Gasteiger partial charge >= 0.3 is 0 Å². The zero-order valence-electron chi connectivity index (χ0n) is 13.0. The van der Waals surface area contributed by atoms with E-state index >= 15 is 0 Å². The Bertz CT molecular complexity index is 709. The van der Waals surface area contributed by atoms with Crippen molar-refractivity contribution in [2.24, 2.45) is 0 Å². The van der Waals surface area contributed by atoms with Crippen LogP contribution in [0, 0.1) is 0 Å². The molecule has 1 aromatic carbocycles. The predicted octanol–water partition coefficient (Wildman–Crippen LogP) is 2.27. The highest BCUT2D eigenvalue weighted by Gasteiger charge is 2.16. The van der Waals surface area contributed by atoms with Gasteiger partial charge in [0.2, 0.25) is 0 Å². The monoisotopic (exact) mass is 303 g/mol. The number of hydroxylamine groups is 1. The predicted molar refractivity (Wildman–Crippen MR) is 84.6 cm³/mol. The van der Waals surface area contributed by atoms with Gasteiger partial charge in [-0.25, -0.2) is 10.2 Å². The Hall–Kier alpha value is -2.21. The molecule has 0 atom stereocenters. The smallest absolute Gasteiger partial charge is 0.274 e. The summed E-state index contributed by atoms with van der Waals surface area (Å²) in [5.74, 6) is -0.442. The lowest BCUT2D eigenvalue weighted by Crippen LogP contribution is -2.31. The highest BCUT2D eigenvalue weighted by atomic mass is 16.6. The highest BCUT2D eigenvalue weighted by molar-refractivity contribution is 6.04. The SMILES string of the molecule is CCCCCn1nc(C(=O)NOCC)c2ccccc2c1=O. The minimum Gasteiger partial charge on any atom is -0.274 e. The summed E-state index contributed by atoms with van der Waals surface area (Å²) in [5.41, 5.74) is 2.38. The van der Waals surface area contributed by atoms with Crippen molar-refractivity contribution in [2.75, 3.05) is 6.61 Å². The van der Waals surface area contributed by atoms with E-state index in [1.165, 1.54) is 4.68 Å². The summed E-state index contributed by atoms with van der Waals surface area (Å²) in [6.07, 6.45) is 2.93. The summed E-state index contributed by atoms with van der Waals surface area (Å²) in [6, 6.07) is 7.00. The van der Waals surface area contributed by atoms with Crippen LogP contribution in [0.4, 0.5) is 0 Å². The van der Waals surface area contributed by atoms with E-state index in [0.29, 0.717) is 23.9 Å². The van der Waals surface area contributed by atoms with Crippen LogP contribution in [0.3, 0.4) is 0 Å². The van der Waals surface area contributed by atoms with Crippen molar-refractivity contribution < 1.29 is 9.63 Å². The number of unbranched alkanes of at least 4 members (excludes halogenated alkanes) is 2. The molecule has 0 aliphatic rings. The van der Waals surface area contributed by atoms with Gasteiger partial charge in [-0.2, -0.15) is 5.10 Å². The molecule has 1 aromatic heterocycles. The number of aryl methyl sites for hydroxylation is 1. The minimum atomic E-state index is -0.442. The average Bonchev–Trinajstić information content (AvgIpc) is 2.55. The Morgan fingerprint density at radius 2 is 1.95 bits per heavy atom. The number of hydrogen-bond donors (Lipinski definition) is 1. The van der Waals surface area contributed by atoms with Crippen LogP contribution < -0.4 is 11.0 Å². The number of nitrogens with one attached hydrogen (secondary N) is 1. The zero-order valence-corrected chi connectivity index (χ0v) is 13.0. The number of nitrogens with zero attached hydrogens (tertiary/aromatic N) is 2. The van der Waals surface area contributed by atoms with E-state index in [1.54, 1.807) is 31.2 Å².